The van der Waals surface area contributed by atoms with Crippen LogP contribution < -0.4 is 27.0 Å². The first-order valence-electron chi connectivity index (χ1n) is 10.1. The number of phenolic OH excluding ortho intramolecular Hbond substituents is 1. The standard InChI is InChI=1S/C24H22N4O5/c1-27(2)24(32)15-10-6-11-16(21(15)29)26-18-20(23(31)22(18)30)28(25)19(17-12-7-13-33-17)14-8-4-3-5-9-14/h3-13,19,26,29H,25H2,1-2H3. The van der Waals surface area contributed by atoms with Crippen LogP contribution in [0.1, 0.15) is 27.7 Å². The van der Waals surface area contributed by atoms with E-state index in [1.165, 1.54) is 28.3 Å². The van der Waals surface area contributed by atoms with E-state index in [1.54, 1.807) is 32.3 Å². The number of nitrogens with zero attached hydrogens (tertiary/aromatic N) is 2. The summed E-state index contributed by atoms with van der Waals surface area (Å²) in [7, 11) is 3.11. The van der Waals surface area contributed by atoms with E-state index >= 15 is 0 Å². The van der Waals surface area contributed by atoms with E-state index in [0.29, 0.717) is 5.76 Å². The molecule has 1 unspecified atom stereocenters. The van der Waals surface area contributed by atoms with Crippen LogP contribution in [0.15, 0.2) is 80.9 Å². The molecule has 0 aliphatic rings. The fourth-order valence-corrected chi connectivity index (χ4v) is 3.61. The van der Waals surface area contributed by atoms with Gasteiger partial charge < -0.3 is 19.7 Å². The molecule has 4 aromatic rings. The van der Waals surface area contributed by atoms with Crippen LogP contribution in [0.5, 0.6) is 5.75 Å². The van der Waals surface area contributed by atoms with Gasteiger partial charge in [0.15, 0.2) is 5.75 Å². The number of aromatic hydroxyl groups is 1. The van der Waals surface area contributed by atoms with Crippen molar-refractivity contribution in [3.05, 3.63) is 104 Å². The lowest BCUT2D eigenvalue weighted by Gasteiger charge is -2.30. The van der Waals surface area contributed by atoms with Gasteiger partial charge in [0.1, 0.15) is 23.2 Å². The summed E-state index contributed by atoms with van der Waals surface area (Å²) in [5.41, 5.74) is -0.807. The average Bonchev–Trinajstić information content (AvgIpc) is 3.34. The van der Waals surface area contributed by atoms with E-state index in [4.69, 9.17) is 10.3 Å². The molecule has 0 aliphatic carbocycles. The van der Waals surface area contributed by atoms with E-state index in [-0.39, 0.29) is 28.4 Å². The van der Waals surface area contributed by atoms with Crippen molar-refractivity contribution in [3.8, 4) is 5.75 Å². The lowest BCUT2D eigenvalue weighted by atomic mass is 10.0. The minimum absolute atomic E-state index is 0.0487. The average molecular weight is 446 g/mol. The minimum Gasteiger partial charge on any atom is -0.505 e. The molecule has 0 spiro atoms. The van der Waals surface area contributed by atoms with Crippen molar-refractivity contribution in [2.75, 3.05) is 24.4 Å². The summed E-state index contributed by atoms with van der Waals surface area (Å²) in [6.07, 6.45) is 1.49. The molecule has 0 fully saturated rings. The summed E-state index contributed by atoms with van der Waals surface area (Å²) in [6, 6.07) is 16.4. The number of furan rings is 1. The van der Waals surface area contributed by atoms with Crippen LogP contribution in [0.2, 0.25) is 0 Å². The zero-order valence-electron chi connectivity index (χ0n) is 18.0. The predicted octanol–water partition coefficient (Wildman–Crippen LogP) is 2.50. The van der Waals surface area contributed by atoms with E-state index < -0.39 is 22.8 Å². The Kier molecular flexibility index (Phi) is 5.72. The van der Waals surface area contributed by atoms with Crippen LogP contribution in [-0.2, 0) is 0 Å². The second kappa shape index (κ2) is 8.64. The molecule has 168 valence electrons. The number of nitrogens with two attached hydrogens (primary N) is 1. The number of anilines is 3. The molecule has 0 aliphatic heterocycles. The second-order valence-electron chi connectivity index (χ2n) is 7.64. The highest BCUT2D eigenvalue weighted by Gasteiger charge is 2.32. The first kappa shape index (κ1) is 21.8. The Labute approximate surface area is 188 Å². The van der Waals surface area contributed by atoms with Crippen LogP contribution in [0.25, 0.3) is 0 Å². The van der Waals surface area contributed by atoms with E-state index in [0.717, 1.165) is 5.56 Å². The van der Waals surface area contributed by atoms with Crippen LogP contribution in [-0.4, -0.2) is 30.0 Å². The molecule has 9 nitrogen and oxygen atoms in total. The number of para-hydroxylation sites is 1. The maximum atomic E-state index is 12.5. The normalized spacial score (nSPS) is 11.8. The van der Waals surface area contributed by atoms with Crippen LogP contribution in [0, 0.1) is 0 Å². The Bertz CT molecular complexity index is 1360. The Morgan fingerprint density at radius 3 is 2.36 bits per heavy atom. The van der Waals surface area contributed by atoms with Gasteiger partial charge in [-0.25, -0.2) is 5.84 Å². The smallest absolute Gasteiger partial charge is 0.257 e. The van der Waals surface area contributed by atoms with Gasteiger partial charge in [-0.2, -0.15) is 0 Å². The molecule has 0 radical (unpaired) electrons. The number of benzene rings is 2. The largest absolute Gasteiger partial charge is 0.505 e. The van der Waals surface area contributed by atoms with Gasteiger partial charge in [-0.15, -0.1) is 0 Å². The first-order chi connectivity index (χ1) is 15.8. The summed E-state index contributed by atoms with van der Waals surface area (Å²) in [6.45, 7) is 0. The number of nitrogens with one attached hydrogen (secondary N) is 1. The van der Waals surface area contributed by atoms with Gasteiger partial charge in [0, 0.05) is 14.1 Å². The molecule has 0 saturated carbocycles. The molecule has 0 bridgehead atoms. The third kappa shape index (κ3) is 3.85. The molecule has 4 rings (SSSR count). The quantitative estimate of drug-likeness (QED) is 0.171. The van der Waals surface area contributed by atoms with Gasteiger partial charge >= 0.3 is 0 Å². The molecule has 1 heterocycles. The summed E-state index contributed by atoms with van der Waals surface area (Å²) in [5.74, 6) is 6.10. The maximum Gasteiger partial charge on any atom is 0.257 e. The van der Waals surface area contributed by atoms with Gasteiger partial charge in [0.2, 0.25) is 0 Å². The van der Waals surface area contributed by atoms with Gasteiger partial charge in [0.25, 0.3) is 16.8 Å². The molecule has 1 amide bonds. The number of carbonyl (C=O) groups excluding carboxylic acids is 1. The van der Waals surface area contributed by atoms with Crippen LogP contribution in [0.4, 0.5) is 17.1 Å². The molecular formula is C24H22N4O5. The van der Waals surface area contributed by atoms with Gasteiger partial charge in [-0.05, 0) is 29.8 Å². The fourth-order valence-electron chi connectivity index (χ4n) is 3.61. The van der Waals surface area contributed by atoms with E-state index in [1.807, 2.05) is 30.3 Å². The Hall–Kier alpha value is -4.37. The number of rotatable bonds is 7. The van der Waals surface area contributed by atoms with Crippen molar-refractivity contribution in [2.45, 2.75) is 6.04 Å². The third-order valence-corrected chi connectivity index (χ3v) is 5.28. The zero-order valence-corrected chi connectivity index (χ0v) is 18.0. The fraction of sp³-hybridized carbons (Fsp3) is 0.125. The molecule has 1 aromatic heterocycles. The SMILES string of the molecule is CN(C)C(=O)c1cccc(Nc2c(N(N)C(c3ccccc3)c3ccco3)c(=O)c2=O)c1O. The third-order valence-electron chi connectivity index (χ3n) is 5.28. The van der Waals surface area contributed by atoms with Crippen molar-refractivity contribution in [1.82, 2.24) is 4.90 Å². The highest BCUT2D eigenvalue weighted by molar-refractivity contribution is 5.99. The number of phenols is 1. The highest BCUT2D eigenvalue weighted by atomic mass is 16.3. The second-order valence-corrected chi connectivity index (χ2v) is 7.64. The molecular weight excluding hydrogens is 424 g/mol. The Balaban J connectivity index is 1.74. The maximum absolute atomic E-state index is 12.5. The Morgan fingerprint density at radius 1 is 1.00 bits per heavy atom. The highest BCUT2D eigenvalue weighted by Crippen LogP contribution is 2.36. The van der Waals surface area contributed by atoms with Crippen molar-refractivity contribution in [2.24, 2.45) is 5.84 Å². The van der Waals surface area contributed by atoms with E-state index in [2.05, 4.69) is 5.32 Å². The predicted molar refractivity (Wildman–Crippen MR) is 124 cm³/mol. The van der Waals surface area contributed by atoms with Crippen molar-refractivity contribution < 1.29 is 14.3 Å². The molecule has 33 heavy (non-hydrogen) atoms. The van der Waals surface area contributed by atoms with Crippen molar-refractivity contribution in [3.63, 3.8) is 0 Å². The topological polar surface area (TPSA) is 129 Å². The summed E-state index contributed by atoms with van der Waals surface area (Å²) >= 11 is 0. The molecule has 9 heteroatoms. The summed E-state index contributed by atoms with van der Waals surface area (Å²) in [5, 5.41) is 14.6. The van der Waals surface area contributed by atoms with Crippen molar-refractivity contribution in [1.29, 1.82) is 0 Å². The minimum atomic E-state index is -0.782. The van der Waals surface area contributed by atoms with Crippen molar-refractivity contribution >= 4 is 23.0 Å². The Morgan fingerprint density at radius 2 is 1.73 bits per heavy atom. The lowest BCUT2D eigenvalue weighted by Crippen LogP contribution is -2.47. The molecule has 4 N–H and O–H groups in total. The first-order valence-corrected chi connectivity index (χ1v) is 10.1. The van der Waals surface area contributed by atoms with E-state index in [9.17, 15) is 19.5 Å². The molecule has 3 aromatic carbocycles. The number of hydrogen-bond donors (Lipinski definition) is 3. The lowest BCUT2D eigenvalue weighted by molar-refractivity contribution is 0.0824. The van der Waals surface area contributed by atoms with Crippen LogP contribution in [0.3, 0.4) is 0 Å². The number of amides is 1. The zero-order chi connectivity index (χ0) is 23.7. The summed E-state index contributed by atoms with van der Waals surface area (Å²) < 4.78 is 5.55. The molecule has 1 atom stereocenters. The van der Waals surface area contributed by atoms with Gasteiger partial charge in [0.05, 0.1) is 17.5 Å². The number of hydrazine groups is 1. The van der Waals surface area contributed by atoms with Crippen LogP contribution >= 0.6 is 0 Å². The van der Waals surface area contributed by atoms with Gasteiger partial charge in [-0.1, -0.05) is 36.4 Å². The summed E-state index contributed by atoms with van der Waals surface area (Å²) in [4.78, 5) is 38.6. The molecule has 0 saturated heterocycles. The monoisotopic (exact) mass is 446 g/mol. The number of hydrogen-bond acceptors (Lipinski definition) is 8. The van der Waals surface area contributed by atoms with Gasteiger partial charge in [-0.3, -0.25) is 19.4 Å². The number of carbonyl (C=O) groups is 1.